The van der Waals surface area contributed by atoms with Gasteiger partial charge in [0.1, 0.15) is 0 Å². The van der Waals surface area contributed by atoms with Crippen molar-refractivity contribution >= 4 is 10.0 Å². The van der Waals surface area contributed by atoms with Crippen LogP contribution in [-0.2, 0) is 27.8 Å². The third kappa shape index (κ3) is 3.00. The highest BCUT2D eigenvalue weighted by Crippen LogP contribution is 2.25. The molecule has 0 atom stereocenters. The summed E-state index contributed by atoms with van der Waals surface area (Å²) in [5, 5.41) is 0. The topological polar surface area (TPSA) is 86.3 Å². The molecule has 1 fully saturated rings. The average Bonchev–Trinajstić information content (AvgIpc) is 2.77. The lowest BCUT2D eigenvalue weighted by Crippen LogP contribution is -2.47. The molecule has 7 heteroatoms. The van der Waals surface area contributed by atoms with Gasteiger partial charge in [-0.15, -0.1) is 0 Å². The lowest BCUT2D eigenvalue weighted by Gasteiger charge is -2.34. The molecule has 0 saturated heterocycles. The zero-order valence-electron chi connectivity index (χ0n) is 11.3. The minimum atomic E-state index is -3.46. The summed E-state index contributed by atoms with van der Waals surface area (Å²) < 4.78 is 34.1. The van der Waals surface area contributed by atoms with E-state index < -0.39 is 10.0 Å². The molecule has 0 radical (unpaired) electrons. The minimum absolute atomic E-state index is 0.0266. The summed E-state index contributed by atoms with van der Waals surface area (Å²) in [6.07, 6.45) is 3.27. The molecule has 1 aromatic rings. The predicted octanol–water partition coefficient (Wildman–Crippen LogP) is 0.422. The summed E-state index contributed by atoms with van der Waals surface area (Å²) in [5.74, 6) is 0. The lowest BCUT2D eigenvalue weighted by molar-refractivity contribution is 0.0236. The molecule has 1 heterocycles. The number of methoxy groups -OCH3 is 1. The number of aryl methyl sites for hydroxylation is 1. The fourth-order valence-electron chi connectivity index (χ4n) is 2.28. The first-order valence-corrected chi connectivity index (χ1v) is 7.92. The van der Waals surface area contributed by atoms with Crippen LogP contribution in [0.2, 0.25) is 0 Å². The molecule has 0 bridgehead atoms. The summed E-state index contributed by atoms with van der Waals surface area (Å²) in [5.41, 5.74) is 6.43. The molecule has 0 aliphatic heterocycles. The smallest absolute Gasteiger partial charge is 0.242 e. The molecular weight excluding hydrogens is 266 g/mol. The molecule has 19 heavy (non-hydrogen) atoms. The Kier molecular flexibility index (Phi) is 4.29. The van der Waals surface area contributed by atoms with Crippen molar-refractivity contribution in [1.82, 2.24) is 9.29 Å². The maximum atomic E-state index is 12.2. The van der Waals surface area contributed by atoms with Crippen LogP contribution in [0.25, 0.3) is 0 Å². The molecule has 108 valence electrons. The van der Waals surface area contributed by atoms with E-state index in [2.05, 4.69) is 4.72 Å². The first-order valence-electron chi connectivity index (χ1n) is 6.44. The van der Waals surface area contributed by atoms with Crippen LogP contribution in [0, 0.1) is 0 Å². The largest absolute Gasteiger partial charge is 0.381 e. The summed E-state index contributed by atoms with van der Waals surface area (Å²) in [7, 11) is -1.81. The lowest BCUT2D eigenvalue weighted by atomic mass is 9.90. The van der Waals surface area contributed by atoms with Crippen molar-refractivity contribution in [2.75, 3.05) is 7.11 Å². The number of nitrogens with two attached hydrogens (primary N) is 1. The molecule has 1 saturated carbocycles. The molecule has 2 rings (SSSR count). The van der Waals surface area contributed by atoms with E-state index in [1.807, 2.05) is 11.5 Å². The van der Waals surface area contributed by atoms with E-state index in [0.29, 0.717) is 13.1 Å². The zero-order valence-corrected chi connectivity index (χ0v) is 12.1. The maximum Gasteiger partial charge on any atom is 0.242 e. The van der Waals surface area contributed by atoms with Crippen LogP contribution in [0.4, 0.5) is 0 Å². The number of sulfonamides is 1. The summed E-state index contributed by atoms with van der Waals surface area (Å²) in [6, 6.07) is 1.61. The maximum absolute atomic E-state index is 12.2. The molecule has 0 unspecified atom stereocenters. The van der Waals surface area contributed by atoms with Crippen LogP contribution < -0.4 is 10.5 Å². The normalized spacial score (nSPS) is 23.3. The monoisotopic (exact) mass is 287 g/mol. The van der Waals surface area contributed by atoms with Crippen molar-refractivity contribution in [3.63, 3.8) is 0 Å². The van der Waals surface area contributed by atoms with Crippen molar-refractivity contribution in [3.8, 4) is 0 Å². The second kappa shape index (κ2) is 5.62. The van der Waals surface area contributed by atoms with Gasteiger partial charge < -0.3 is 15.0 Å². The first-order chi connectivity index (χ1) is 9.00. The molecule has 3 N–H and O–H groups in total. The van der Waals surface area contributed by atoms with Gasteiger partial charge in [0.25, 0.3) is 0 Å². The number of hydrogen-bond donors (Lipinski definition) is 2. The van der Waals surface area contributed by atoms with Gasteiger partial charge in [0.2, 0.25) is 10.0 Å². The minimum Gasteiger partial charge on any atom is -0.381 e. The van der Waals surface area contributed by atoms with E-state index >= 15 is 0 Å². The highest BCUT2D eigenvalue weighted by atomic mass is 32.2. The van der Waals surface area contributed by atoms with Gasteiger partial charge in [0.15, 0.2) is 0 Å². The Labute approximate surface area is 114 Å². The number of ether oxygens (including phenoxy) is 1. The van der Waals surface area contributed by atoms with Gasteiger partial charge in [-0.1, -0.05) is 0 Å². The Balaban J connectivity index is 2.09. The van der Waals surface area contributed by atoms with Gasteiger partial charge in [-0.3, -0.25) is 0 Å². The zero-order chi connectivity index (χ0) is 14.0. The molecule has 1 aromatic heterocycles. The van der Waals surface area contributed by atoms with Gasteiger partial charge in [0, 0.05) is 38.1 Å². The van der Waals surface area contributed by atoms with Crippen LogP contribution >= 0.6 is 0 Å². The van der Waals surface area contributed by atoms with Gasteiger partial charge in [-0.05, 0) is 25.8 Å². The first kappa shape index (κ1) is 14.5. The Morgan fingerprint density at radius 3 is 2.68 bits per heavy atom. The molecule has 0 spiro atoms. The Morgan fingerprint density at radius 1 is 1.53 bits per heavy atom. The van der Waals surface area contributed by atoms with Crippen LogP contribution in [0.1, 0.15) is 25.5 Å². The third-order valence-electron chi connectivity index (χ3n) is 3.57. The van der Waals surface area contributed by atoms with Gasteiger partial charge in [0.05, 0.1) is 11.0 Å². The van der Waals surface area contributed by atoms with E-state index in [1.165, 1.54) is 0 Å². The van der Waals surface area contributed by atoms with Crippen molar-refractivity contribution < 1.29 is 13.2 Å². The predicted molar refractivity (Wildman–Crippen MR) is 72.1 cm³/mol. The van der Waals surface area contributed by atoms with Crippen LogP contribution in [0.3, 0.4) is 0 Å². The highest BCUT2D eigenvalue weighted by molar-refractivity contribution is 7.89. The van der Waals surface area contributed by atoms with E-state index in [4.69, 9.17) is 10.5 Å². The Hall–Kier alpha value is -0.890. The molecule has 0 aromatic carbocycles. The number of hydrogen-bond acceptors (Lipinski definition) is 4. The van der Waals surface area contributed by atoms with Gasteiger partial charge in [-0.25, -0.2) is 13.1 Å². The summed E-state index contributed by atoms with van der Waals surface area (Å²) in [4.78, 5) is 0.288. The second-order valence-electron chi connectivity index (χ2n) is 4.80. The van der Waals surface area contributed by atoms with Crippen molar-refractivity contribution in [3.05, 3.63) is 18.0 Å². The fourth-order valence-corrected chi connectivity index (χ4v) is 3.60. The Morgan fingerprint density at radius 2 is 2.21 bits per heavy atom. The SMILES string of the molecule is CCn1cc(S(=O)(=O)NC2CC(OC)C2)cc1CN. The highest BCUT2D eigenvalue weighted by Gasteiger charge is 2.33. The van der Waals surface area contributed by atoms with E-state index in [1.54, 1.807) is 19.4 Å². The molecule has 6 nitrogen and oxygen atoms in total. The van der Waals surface area contributed by atoms with Crippen LogP contribution in [0.15, 0.2) is 17.2 Å². The summed E-state index contributed by atoms with van der Waals surface area (Å²) >= 11 is 0. The van der Waals surface area contributed by atoms with E-state index in [-0.39, 0.29) is 17.0 Å². The summed E-state index contributed by atoms with van der Waals surface area (Å²) in [6.45, 7) is 2.99. The van der Waals surface area contributed by atoms with Crippen LogP contribution in [-0.4, -0.2) is 32.2 Å². The second-order valence-corrected chi connectivity index (χ2v) is 6.52. The van der Waals surface area contributed by atoms with Crippen molar-refractivity contribution in [2.24, 2.45) is 5.73 Å². The molecule has 0 amide bonds. The van der Waals surface area contributed by atoms with Crippen molar-refractivity contribution in [2.45, 2.75) is 49.9 Å². The number of rotatable bonds is 6. The standard InChI is InChI=1S/C12H21N3O3S/c1-3-15-8-12(6-10(15)7-13)19(16,17)14-9-4-11(5-9)18-2/h6,8-9,11,14H,3-5,7,13H2,1-2H3. The molecule has 1 aliphatic rings. The quantitative estimate of drug-likeness (QED) is 0.794. The van der Waals surface area contributed by atoms with Gasteiger partial charge >= 0.3 is 0 Å². The number of aromatic nitrogens is 1. The van der Waals surface area contributed by atoms with E-state index in [9.17, 15) is 8.42 Å². The number of nitrogens with zero attached hydrogens (tertiary/aromatic N) is 1. The van der Waals surface area contributed by atoms with Gasteiger partial charge in [-0.2, -0.15) is 0 Å². The number of nitrogens with one attached hydrogen (secondary N) is 1. The van der Waals surface area contributed by atoms with Crippen LogP contribution in [0.5, 0.6) is 0 Å². The fraction of sp³-hybridized carbons (Fsp3) is 0.667. The van der Waals surface area contributed by atoms with E-state index in [0.717, 1.165) is 18.5 Å². The molecular formula is C12H21N3O3S. The molecule has 1 aliphatic carbocycles. The third-order valence-corrected chi connectivity index (χ3v) is 5.06. The Bertz CT molecular complexity index is 511. The van der Waals surface area contributed by atoms with Crippen molar-refractivity contribution in [1.29, 1.82) is 0 Å². The average molecular weight is 287 g/mol.